The highest BCUT2D eigenvalue weighted by atomic mass is 35.5. The van der Waals surface area contributed by atoms with Crippen LogP contribution in [0.2, 0.25) is 15.1 Å². The number of piperazine rings is 1. The molecule has 0 aromatic heterocycles. The first-order chi connectivity index (χ1) is 16.9. The van der Waals surface area contributed by atoms with Crippen molar-refractivity contribution in [1.29, 1.82) is 0 Å². The summed E-state index contributed by atoms with van der Waals surface area (Å²) in [5.74, 6) is -0.0131. The first kappa shape index (κ1) is 22.7. The summed E-state index contributed by atoms with van der Waals surface area (Å²) in [6, 6.07) is 21.0. The van der Waals surface area contributed by atoms with Crippen LogP contribution >= 0.6 is 34.8 Å². The Morgan fingerprint density at radius 2 is 1.63 bits per heavy atom. The smallest absolute Gasteiger partial charge is 0.261 e. The normalized spacial score (nSPS) is 23.4. The number of benzene rings is 3. The lowest BCUT2D eigenvalue weighted by Gasteiger charge is -2.53. The van der Waals surface area contributed by atoms with Gasteiger partial charge in [0, 0.05) is 46.1 Å². The number of amides is 1. The molecule has 3 aliphatic heterocycles. The molecule has 3 aromatic carbocycles. The maximum Gasteiger partial charge on any atom is 0.261 e. The molecule has 3 aliphatic rings. The zero-order valence-corrected chi connectivity index (χ0v) is 21.4. The van der Waals surface area contributed by atoms with Crippen LogP contribution < -0.4 is 14.8 Å². The highest BCUT2D eigenvalue weighted by Gasteiger charge is 2.60. The van der Waals surface area contributed by atoms with Crippen LogP contribution in [0.4, 0.5) is 17.1 Å². The predicted octanol–water partition coefficient (Wildman–Crippen LogP) is 6.31. The number of anilines is 3. The monoisotopic (exact) mass is 524 g/mol. The number of fused-ring (bicyclic) bond motifs is 4. The molecule has 6 rings (SSSR count). The number of hydrazone groups is 1. The summed E-state index contributed by atoms with van der Waals surface area (Å²) in [7, 11) is 0. The van der Waals surface area contributed by atoms with Gasteiger partial charge in [-0.25, -0.2) is 0 Å². The molecule has 1 fully saturated rings. The minimum atomic E-state index is -0.794. The van der Waals surface area contributed by atoms with E-state index in [1.165, 1.54) is 0 Å². The van der Waals surface area contributed by atoms with Crippen LogP contribution in [0.5, 0.6) is 0 Å². The number of carbonyl (C=O) groups excluding carboxylic acids is 1. The molecule has 1 spiro atoms. The SMILES string of the molecule is CC1=NN(c2ccc(Cl)cc2)C(=O)[C@@]12Cc1ccc(Cl)cc1N1CCN(c3cccc(Cl)c3)C[C@@H]12. The Bertz CT molecular complexity index is 1360. The minimum Gasteiger partial charge on any atom is -0.368 e. The average molecular weight is 526 g/mol. The third-order valence-corrected chi connectivity index (χ3v) is 8.21. The molecule has 178 valence electrons. The summed E-state index contributed by atoms with van der Waals surface area (Å²) in [6.07, 6.45) is 0.572. The Kier molecular flexibility index (Phi) is 5.48. The molecular formula is C27H23Cl3N4O. The molecule has 35 heavy (non-hydrogen) atoms. The number of rotatable bonds is 2. The first-order valence-electron chi connectivity index (χ1n) is 11.6. The standard InChI is InChI=1S/C27H23Cl3N4O/c1-17-27(26(35)34(31-17)22-9-7-19(28)8-10-22)15-18-5-6-21(30)14-24(18)33-12-11-32(16-25(27)33)23-4-2-3-20(29)13-23/h2-10,13-14,25H,11-12,15-16H2,1H3/t25-,27+/m1/s1. The quantitative estimate of drug-likeness (QED) is 0.394. The van der Waals surface area contributed by atoms with E-state index in [1.54, 1.807) is 17.1 Å². The maximum absolute atomic E-state index is 14.3. The molecule has 0 unspecified atom stereocenters. The van der Waals surface area contributed by atoms with E-state index in [1.807, 2.05) is 55.5 Å². The lowest BCUT2D eigenvalue weighted by Crippen LogP contribution is -2.67. The largest absolute Gasteiger partial charge is 0.368 e. The summed E-state index contributed by atoms with van der Waals surface area (Å²) in [4.78, 5) is 19.0. The van der Waals surface area contributed by atoms with Crippen molar-refractivity contribution in [2.45, 2.75) is 19.4 Å². The van der Waals surface area contributed by atoms with Crippen LogP contribution in [0.25, 0.3) is 0 Å². The molecule has 0 saturated carbocycles. The molecule has 0 N–H and O–H groups in total. The Morgan fingerprint density at radius 1 is 0.886 bits per heavy atom. The Morgan fingerprint density at radius 3 is 2.40 bits per heavy atom. The maximum atomic E-state index is 14.3. The lowest BCUT2D eigenvalue weighted by atomic mass is 9.67. The van der Waals surface area contributed by atoms with Gasteiger partial charge in [-0.1, -0.05) is 46.9 Å². The van der Waals surface area contributed by atoms with Crippen molar-refractivity contribution in [3.05, 3.63) is 87.4 Å². The van der Waals surface area contributed by atoms with Crippen molar-refractivity contribution in [1.82, 2.24) is 0 Å². The van der Waals surface area contributed by atoms with Crippen molar-refractivity contribution in [3.8, 4) is 0 Å². The van der Waals surface area contributed by atoms with Gasteiger partial charge in [0.1, 0.15) is 5.41 Å². The van der Waals surface area contributed by atoms with Crippen LogP contribution in [0, 0.1) is 5.41 Å². The van der Waals surface area contributed by atoms with Gasteiger partial charge in [-0.2, -0.15) is 10.1 Å². The van der Waals surface area contributed by atoms with Gasteiger partial charge in [-0.05, 0) is 73.5 Å². The van der Waals surface area contributed by atoms with Crippen molar-refractivity contribution in [2.24, 2.45) is 10.5 Å². The van der Waals surface area contributed by atoms with Crippen molar-refractivity contribution in [3.63, 3.8) is 0 Å². The molecule has 2 atom stereocenters. The van der Waals surface area contributed by atoms with E-state index in [0.717, 1.165) is 35.7 Å². The van der Waals surface area contributed by atoms with Crippen LogP contribution in [-0.2, 0) is 11.2 Å². The summed E-state index contributed by atoms with van der Waals surface area (Å²) in [5.41, 5.74) is 4.01. The molecule has 1 amide bonds. The summed E-state index contributed by atoms with van der Waals surface area (Å²) in [6.45, 7) is 4.21. The van der Waals surface area contributed by atoms with Gasteiger partial charge in [0.2, 0.25) is 0 Å². The van der Waals surface area contributed by atoms with Crippen LogP contribution in [0.1, 0.15) is 12.5 Å². The van der Waals surface area contributed by atoms with Crippen LogP contribution in [0.3, 0.4) is 0 Å². The lowest BCUT2D eigenvalue weighted by molar-refractivity contribution is -0.125. The summed E-state index contributed by atoms with van der Waals surface area (Å²) in [5, 5.41) is 8.36. The number of hydrogen-bond donors (Lipinski definition) is 0. The van der Waals surface area contributed by atoms with Gasteiger partial charge < -0.3 is 9.80 Å². The number of nitrogens with zero attached hydrogens (tertiary/aromatic N) is 4. The fourth-order valence-corrected chi connectivity index (χ4v) is 6.22. The van der Waals surface area contributed by atoms with E-state index < -0.39 is 5.41 Å². The van der Waals surface area contributed by atoms with Crippen LogP contribution in [-0.4, -0.2) is 37.3 Å². The predicted molar refractivity (Wildman–Crippen MR) is 144 cm³/mol. The molecule has 3 aromatic rings. The fraction of sp³-hybridized carbons (Fsp3) is 0.259. The van der Waals surface area contributed by atoms with E-state index in [2.05, 4.69) is 15.9 Å². The van der Waals surface area contributed by atoms with Crippen molar-refractivity contribution in [2.75, 3.05) is 34.4 Å². The van der Waals surface area contributed by atoms with Gasteiger partial charge >= 0.3 is 0 Å². The van der Waals surface area contributed by atoms with E-state index in [-0.39, 0.29) is 11.9 Å². The molecule has 0 aliphatic carbocycles. The number of halogens is 3. The zero-order valence-electron chi connectivity index (χ0n) is 19.1. The van der Waals surface area contributed by atoms with E-state index in [9.17, 15) is 4.79 Å². The molecule has 8 heteroatoms. The Hall–Kier alpha value is -2.73. The van der Waals surface area contributed by atoms with Gasteiger partial charge in [-0.15, -0.1) is 0 Å². The third kappa shape index (κ3) is 3.60. The Balaban J connectivity index is 1.45. The van der Waals surface area contributed by atoms with Crippen molar-refractivity contribution >= 4 is 63.5 Å². The van der Waals surface area contributed by atoms with Gasteiger partial charge in [-0.3, -0.25) is 4.79 Å². The molecule has 0 bridgehead atoms. The highest BCUT2D eigenvalue weighted by molar-refractivity contribution is 6.31. The summed E-state index contributed by atoms with van der Waals surface area (Å²) < 4.78 is 0. The first-order valence-corrected chi connectivity index (χ1v) is 12.7. The molecule has 3 heterocycles. The molecule has 5 nitrogen and oxygen atoms in total. The van der Waals surface area contributed by atoms with E-state index in [4.69, 9.17) is 39.9 Å². The second-order valence-corrected chi connectivity index (χ2v) is 10.6. The second kappa shape index (κ2) is 8.44. The molecule has 0 radical (unpaired) electrons. The zero-order chi connectivity index (χ0) is 24.3. The fourth-order valence-electron chi connectivity index (χ4n) is 5.75. The van der Waals surface area contributed by atoms with Crippen molar-refractivity contribution < 1.29 is 4.79 Å². The Labute approximate surface area is 219 Å². The van der Waals surface area contributed by atoms with E-state index in [0.29, 0.717) is 33.7 Å². The third-order valence-electron chi connectivity index (χ3n) is 7.49. The van der Waals surface area contributed by atoms with Gasteiger partial charge in [0.15, 0.2) is 0 Å². The average Bonchev–Trinajstić information content (AvgIpc) is 3.10. The minimum absolute atomic E-state index is 0.0131. The second-order valence-electron chi connectivity index (χ2n) is 9.34. The van der Waals surface area contributed by atoms with Gasteiger partial charge in [0.25, 0.3) is 5.91 Å². The van der Waals surface area contributed by atoms with Crippen LogP contribution in [0.15, 0.2) is 71.8 Å². The van der Waals surface area contributed by atoms with Gasteiger partial charge in [0.05, 0.1) is 17.4 Å². The summed E-state index contributed by atoms with van der Waals surface area (Å²) >= 11 is 18.8. The van der Waals surface area contributed by atoms with E-state index >= 15 is 0 Å². The molecular weight excluding hydrogens is 503 g/mol. The topological polar surface area (TPSA) is 39.2 Å². The number of carbonyl (C=O) groups is 1. The molecule has 1 saturated heterocycles. The highest BCUT2D eigenvalue weighted by Crippen LogP contribution is 2.49. The number of hydrogen-bond acceptors (Lipinski definition) is 4.